The first-order valence-corrected chi connectivity index (χ1v) is 11.6. The van der Waals surface area contributed by atoms with Crippen LogP contribution in [0.1, 0.15) is 59.4 Å². The zero-order valence-electron chi connectivity index (χ0n) is 19.7. The lowest BCUT2D eigenvalue weighted by Crippen LogP contribution is -2.49. The second-order valence-electron chi connectivity index (χ2n) is 8.70. The number of aryl methyl sites for hydroxylation is 2. The van der Waals surface area contributed by atoms with Gasteiger partial charge in [-0.3, -0.25) is 19.3 Å². The third-order valence-corrected chi connectivity index (χ3v) is 6.09. The van der Waals surface area contributed by atoms with Crippen LogP contribution in [0.3, 0.4) is 0 Å². The number of rotatable bonds is 8. The van der Waals surface area contributed by atoms with Gasteiger partial charge in [0.25, 0.3) is 11.8 Å². The molecule has 1 aliphatic rings. The highest BCUT2D eigenvalue weighted by atomic mass is 19.1. The molecule has 8 nitrogen and oxygen atoms in total. The standard InChI is InChI=1S/C26H28FN3O5/c1-16-9-11-19(14-20(16)27)30(23(31)15-28-25(32)22-8-5-13-34-22)24(21-12-10-17(2)35-21)26(33)29-18-6-3-4-7-18/h5,8-14,18,24H,3-4,6-7,15H2,1-2H3,(H,28,32)(H,29,33)/t24-/m1/s1. The van der Waals surface area contributed by atoms with Gasteiger partial charge in [0.15, 0.2) is 11.8 Å². The highest BCUT2D eigenvalue weighted by Crippen LogP contribution is 2.31. The summed E-state index contributed by atoms with van der Waals surface area (Å²) in [6.45, 7) is 2.90. The summed E-state index contributed by atoms with van der Waals surface area (Å²) >= 11 is 0. The monoisotopic (exact) mass is 481 g/mol. The van der Waals surface area contributed by atoms with Crippen LogP contribution in [0.15, 0.2) is 57.6 Å². The van der Waals surface area contributed by atoms with Crippen molar-refractivity contribution in [2.45, 2.75) is 51.6 Å². The molecule has 1 fully saturated rings. The molecule has 1 atom stereocenters. The minimum Gasteiger partial charge on any atom is -0.464 e. The van der Waals surface area contributed by atoms with Crippen molar-refractivity contribution in [1.29, 1.82) is 0 Å². The maximum Gasteiger partial charge on any atom is 0.287 e. The van der Waals surface area contributed by atoms with Crippen LogP contribution in [-0.2, 0) is 9.59 Å². The maximum absolute atomic E-state index is 14.6. The van der Waals surface area contributed by atoms with Gasteiger partial charge in [0.1, 0.15) is 17.3 Å². The zero-order chi connectivity index (χ0) is 24.9. The molecule has 35 heavy (non-hydrogen) atoms. The average molecular weight is 482 g/mol. The quantitative estimate of drug-likeness (QED) is 0.502. The van der Waals surface area contributed by atoms with E-state index in [9.17, 15) is 18.8 Å². The van der Waals surface area contributed by atoms with Crippen LogP contribution in [0.25, 0.3) is 0 Å². The molecule has 184 valence electrons. The van der Waals surface area contributed by atoms with Crippen LogP contribution in [0, 0.1) is 19.7 Å². The number of carbonyl (C=O) groups excluding carboxylic acids is 3. The van der Waals surface area contributed by atoms with Gasteiger partial charge in [-0.1, -0.05) is 18.9 Å². The van der Waals surface area contributed by atoms with E-state index in [1.54, 1.807) is 38.1 Å². The molecule has 4 rings (SSSR count). The maximum atomic E-state index is 14.6. The van der Waals surface area contributed by atoms with Gasteiger partial charge < -0.3 is 19.5 Å². The summed E-state index contributed by atoms with van der Waals surface area (Å²) in [5, 5.41) is 5.52. The number of nitrogens with zero attached hydrogens (tertiary/aromatic N) is 1. The second kappa shape index (κ2) is 10.6. The highest BCUT2D eigenvalue weighted by molar-refractivity contribution is 6.04. The number of hydrogen-bond donors (Lipinski definition) is 2. The Balaban J connectivity index is 1.68. The van der Waals surface area contributed by atoms with E-state index in [-0.39, 0.29) is 23.2 Å². The van der Waals surface area contributed by atoms with E-state index in [0.717, 1.165) is 25.7 Å². The lowest BCUT2D eigenvalue weighted by Gasteiger charge is -2.31. The van der Waals surface area contributed by atoms with Gasteiger partial charge in [-0.2, -0.15) is 0 Å². The minimum atomic E-state index is -1.19. The molecular formula is C26H28FN3O5. The SMILES string of the molecule is Cc1ccc([C@H](C(=O)NC2CCCC2)N(C(=O)CNC(=O)c2ccco2)c2ccc(C)c(F)c2)o1. The third kappa shape index (κ3) is 5.62. The van der Waals surface area contributed by atoms with Gasteiger partial charge >= 0.3 is 0 Å². The molecule has 2 heterocycles. The van der Waals surface area contributed by atoms with Crippen LogP contribution in [0.2, 0.25) is 0 Å². The summed E-state index contributed by atoms with van der Waals surface area (Å²) < 4.78 is 25.4. The van der Waals surface area contributed by atoms with Crippen molar-refractivity contribution in [1.82, 2.24) is 10.6 Å². The fourth-order valence-electron chi connectivity index (χ4n) is 4.23. The topological polar surface area (TPSA) is 105 Å². The third-order valence-electron chi connectivity index (χ3n) is 6.09. The second-order valence-corrected chi connectivity index (χ2v) is 8.70. The van der Waals surface area contributed by atoms with E-state index in [0.29, 0.717) is 11.3 Å². The lowest BCUT2D eigenvalue weighted by molar-refractivity contribution is -0.127. The fraction of sp³-hybridized carbons (Fsp3) is 0.346. The van der Waals surface area contributed by atoms with E-state index in [1.165, 1.54) is 29.4 Å². The number of benzene rings is 1. The van der Waals surface area contributed by atoms with E-state index in [4.69, 9.17) is 8.83 Å². The van der Waals surface area contributed by atoms with E-state index in [2.05, 4.69) is 10.6 Å². The Hall–Kier alpha value is -3.88. The van der Waals surface area contributed by atoms with Gasteiger partial charge in [-0.25, -0.2) is 4.39 Å². The summed E-state index contributed by atoms with van der Waals surface area (Å²) in [7, 11) is 0. The molecule has 0 saturated heterocycles. The molecular weight excluding hydrogens is 453 g/mol. The van der Waals surface area contributed by atoms with Crippen LogP contribution >= 0.6 is 0 Å². The van der Waals surface area contributed by atoms with Gasteiger partial charge in [0.05, 0.1) is 12.8 Å². The van der Waals surface area contributed by atoms with Gasteiger partial charge in [-0.05, 0) is 68.7 Å². The summed E-state index contributed by atoms with van der Waals surface area (Å²) in [4.78, 5) is 40.6. The normalized spacial score (nSPS) is 14.5. The molecule has 2 aromatic heterocycles. The Morgan fingerprint density at radius 1 is 1.11 bits per heavy atom. The molecule has 9 heteroatoms. The van der Waals surface area contributed by atoms with Crippen LogP contribution in [-0.4, -0.2) is 30.3 Å². The fourth-order valence-corrected chi connectivity index (χ4v) is 4.23. The number of halogens is 1. The van der Waals surface area contributed by atoms with E-state index in [1.807, 2.05) is 0 Å². The number of nitrogens with one attached hydrogen (secondary N) is 2. The summed E-state index contributed by atoms with van der Waals surface area (Å²) in [6, 6.07) is 9.45. The van der Waals surface area contributed by atoms with Crippen molar-refractivity contribution >= 4 is 23.4 Å². The first-order valence-electron chi connectivity index (χ1n) is 11.6. The molecule has 0 radical (unpaired) electrons. The molecule has 2 N–H and O–H groups in total. The number of furan rings is 2. The first kappa shape index (κ1) is 24.3. The smallest absolute Gasteiger partial charge is 0.287 e. The average Bonchev–Trinajstić information content (AvgIpc) is 3.61. The Morgan fingerprint density at radius 3 is 2.51 bits per heavy atom. The van der Waals surface area contributed by atoms with Gasteiger partial charge in [0.2, 0.25) is 5.91 Å². The predicted molar refractivity (Wildman–Crippen MR) is 126 cm³/mol. The minimum absolute atomic E-state index is 0.00794. The van der Waals surface area contributed by atoms with Gasteiger partial charge in [0, 0.05) is 11.7 Å². The molecule has 3 aromatic rings. The Morgan fingerprint density at radius 2 is 1.89 bits per heavy atom. The molecule has 0 aliphatic heterocycles. The molecule has 0 bridgehead atoms. The summed E-state index contributed by atoms with van der Waals surface area (Å²) in [6.07, 6.45) is 5.07. The van der Waals surface area contributed by atoms with Crippen LogP contribution < -0.4 is 15.5 Å². The van der Waals surface area contributed by atoms with Crippen molar-refractivity contribution in [3.8, 4) is 0 Å². The number of carbonyl (C=O) groups is 3. The van der Waals surface area contributed by atoms with E-state index >= 15 is 0 Å². The Kier molecular flexibility index (Phi) is 7.33. The lowest BCUT2D eigenvalue weighted by atomic mass is 10.1. The van der Waals surface area contributed by atoms with Crippen molar-refractivity contribution in [3.05, 3.63) is 77.4 Å². The summed E-state index contributed by atoms with van der Waals surface area (Å²) in [5.74, 6) is -1.31. The first-order chi connectivity index (χ1) is 16.8. The predicted octanol–water partition coefficient (Wildman–Crippen LogP) is 4.19. The molecule has 3 amide bonds. The molecule has 1 aromatic carbocycles. The number of amides is 3. The largest absolute Gasteiger partial charge is 0.464 e. The molecule has 0 spiro atoms. The molecule has 0 unspecified atom stereocenters. The van der Waals surface area contributed by atoms with Crippen LogP contribution in [0.5, 0.6) is 0 Å². The van der Waals surface area contributed by atoms with Crippen molar-refractivity contribution in [3.63, 3.8) is 0 Å². The van der Waals surface area contributed by atoms with Crippen molar-refractivity contribution < 1.29 is 27.6 Å². The van der Waals surface area contributed by atoms with Crippen molar-refractivity contribution in [2.24, 2.45) is 0 Å². The van der Waals surface area contributed by atoms with Gasteiger partial charge in [-0.15, -0.1) is 0 Å². The van der Waals surface area contributed by atoms with Crippen molar-refractivity contribution in [2.75, 3.05) is 11.4 Å². The number of anilines is 1. The Bertz CT molecular complexity index is 1200. The summed E-state index contributed by atoms with van der Waals surface area (Å²) in [5.41, 5.74) is 0.569. The highest BCUT2D eigenvalue weighted by Gasteiger charge is 2.36. The molecule has 1 saturated carbocycles. The number of hydrogen-bond acceptors (Lipinski definition) is 5. The van der Waals surface area contributed by atoms with Crippen LogP contribution in [0.4, 0.5) is 10.1 Å². The molecule has 1 aliphatic carbocycles. The van der Waals surface area contributed by atoms with E-state index < -0.39 is 36.1 Å². The zero-order valence-corrected chi connectivity index (χ0v) is 19.7. The Labute approximate surface area is 202 Å².